The number of carbonyl (C=O) groups is 1. The Labute approximate surface area is 186 Å². The van der Waals surface area contributed by atoms with Gasteiger partial charge < -0.3 is 10.2 Å². The van der Waals surface area contributed by atoms with E-state index in [0.29, 0.717) is 11.6 Å². The largest absolute Gasteiger partial charge is 0.366 e. The van der Waals surface area contributed by atoms with E-state index in [9.17, 15) is 10.1 Å². The van der Waals surface area contributed by atoms with Crippen LogP contribution in [0.15, 0.2) is 35.9 Å². The summed E-state index contributed by atoms with van der Waals surface area (Å²) in [5.41, 5.74) is 7.60. The van der Waals surface area contributed by atoms with Crippen molar-refractivity contribution in [2.75, 3.05) is 16.8 Å². The molecule has 1 heterocycles. The van der Waals surface area contributed by atoms with Gasteiger partial charge in [0.05, 0.1) is 0 Å². The number of rotatable bonds is 4. The summed E-state index contributed by atoms with van der Waals surface area (Å²) < 4.78 is 0. The van der Waals surface area contributed by atoms with Crippen LogP contribution >= 0.6 is 0 Å². The summed E-state index contributed by atoms with van der Waals surface area (Å²) in [7, 11) is 0. The fourth-order valence-corrected chi connectivity index (χ4v) is 4.95. The monoisotopic (exact) mass is 415 g/mol. The molecule has 1 N–H and O–H groups in total. The zero-order valence-electron chi connectivity index (χ0n) is 19.8. The lowest BCUT2D eigenvalue weighted by Crippen LogP contribution is -2.48. The third kappa shape index (κ3) is 4.66. The highest BCUT2D eigenvalue weighted by molar-refractivity contribution is 6.09. The van der Waals surface area contributed by atoms with Gasteiger partial charge in [0.2, 0.25) is 0 Å². The molecule has 4 nitrogen and oxygen atoms in total. The second kappa shape index (κ2) is 8.59. The van der Waals surface area contributed by atoms with Crippen LogP contribution in [0.2, 0.25) is 0 Å². The number of benzene rings is 2. The van der Waals surface area contributed by atoms with Crippen LogP contribution in [0.3, 0.4) is 0 Å². The Morgan fingerprint density at radius 3 is 2.42 bits per heavy atom. The van der Waals surface area contributed by atoms with Gasteiger partial charge in [-0.25, -0.2) is 0 Å². The lowest BCUT2D eigenvalue weighted by molar-refractivity contribution is -0.112. The predicted octanol–water partition coefficient (Wildman–Crippen LogP) is 6.27. The highest BCUT2D eigenvalue weighted by atomic mass is 16.1. The molecule has 0 aliphatic carbocycles. The topological polar surface area (TPSA) is 56.1 Å². The van der Waals surface area contributed by atoms with Gasteiger partial charge >= 0.3 is 0 Å². The van der Waals surface area contributed by atoms with Gasteiger partial charge in [-0.3, -0.25) is 4.79 Å². The zero-order valence-corrected chi connectivity index (χ0v) is 19.8. The van der Waals surface area contributed by atoms with Crippen molar-refractivity contribution in [3.8, 4) is 6.07 Å². The summed E-state index contributed by atoms with van der Waals surface area (Å²) in [5.74, 6) is 0.0316. The van der Waals surface area contributed by atoms with E-state index in [4.69, 9.17) is 0 Å². The Morgan fingerprint density at radius 1 is 1.19 bits per heavy atom. The van der Waals surface area contributed by atoms with E-state index < -0.39 is 0 Å². The first-order valence-electron chi connectivity index (χ1n) is 11.0. The number of nitriles is 1. The van der Waals surface area contributed by atoms with Crippen LogP contribution in [0.4, 0.5) is 11.4 Å². The van der Waals surface area contributed by atoms with Crippen molar-refractivity contribution in [3.63, 3.8) is 0 Å². The van der Waals surface area contributed by atoms with Crippen molar-refractivity contribution in [3.05, 3.63) is 63.7 Å². The van der Waals surface area contributed by atoms with Crippen LogP contribution in [0.25, 0.3) is 6.08 Å². The summed E-state index contributed by atoms with van der Waals surface area (Å²) in [5, 5.41) is 12.6. The molecular weight excluding hydrogens is 382 g/mol. The summed E-state index contributed by atoms with van der Waals surface area (Å²) >= 11 is 0. The molecule has 0 fully saturated rings. The molecule has 0 saturated heterocycles. The third-order valence-corrected chi connectivity index (χ3v) is 6.23. The molecule has 162 valence electrons. The van der Waals surface area contributed by atoms with Gasteiger partial charge in [0.15, 0.2) is 0 Å². The first-order chi connectivity index (χ1) is 14.6. The molecule has 0 bridgehead atoms. The molecule has 2 aromatic rings. The second-order valence-electron chi connectivity index (χ2n) is 9.43. The van der Waals surface area contributed by atoms with Crippen molar-refractivity contribution in [2.45, 2.75) is 66.3 Å². The standard InChI is InChI=1S/C27H33N3O/c1-8-30-25-12-19(4)21(14-24(25)20(5)15-27(30,6)7)13-22(16-28)26(31)29-23-10-17(2)9-18(3)11-23/h9-14,20H,8,15H2,1-7H3,(H,29,31)/b22-13+. The zero-order chi connectivity index (χ0) is 22.9. The van der Waals surface area contributed by atoms with Crippen LogP contribution in [0, 0.1) is 32.1 Å². The average Bonchev–Trinajstić information content (AvgIpc) is 2.65. The first-order valence-corrected chi connectivity index (χ1v) is 11.0. The number of nitrogens with one attached hydrogen (secondary N) is 1. The smallest absolute Gasteiger partial charge is 0.266 e. The molecule has 1 unspecified atom stereocenters. The molecule has 31 heavy (non-hydrogen) atoms. The summed E-state index contributed by atoms with van der Waals surface area (Å²) in [6, 6.07) is 12.3. The second-order valence-corrected chi connectivity index (χ2v) is 9.43. The summed E-state index contributed by atoms with van der Waals surface area (Å²) in [6.45, 7) is 16.0. The maximum absolute atomic E-state index is 12.8. The maximum atomic E-state index is 12.8. The Balaban J connectivity index is 1.97. The molecule has 1 aliphatic rings. The Kier molecular flexibility index (Phi) is 6.27. The van der Waals surface area contributed by atoms with Gasteiger partial charge in [-0.1, -0.05) is 13.0 Å². The number of hydrogen-bond donors (Lipinski definition) is 1. The van der Waals surface area contributed by atoms with Gasteiger partial charge in [-0.15, -0.1) is 0 Å². The van der Waals surface area contributed by atoms with Crippen LogP contribution in [0.5, 0.6) is 0 Å². The minimum atomic E-state index is -0.381. The highest BCUT2D eigenvalue weighted by Crippen LogP contribution is 2.44. The van der Waals surface area contributed by atoms with Crippen molar-refractivity contribution in [1.29, 1.82) is 5.26 Å². The highest BCUT2D eigenvalue weighted by Gasteiger charge is 2.35. The number of amides is 1. The number of anilines is 2. The fraction of sp³-hybridized carbons (Fsp3) is 0.407. The minimum Gasteiger partial charge on any atom is -0.366 e. The van der Waals surface area contributed by atoms with E-state index in [1.807, 2.05) is 32.9 Å². The Morgan fingerprint density at radius 2 is 1.84 bits per heavy atom. The van der Waals surface area contributed by atoms with Crippen LogP contribution in [0.1, 0.15) is 67.9 Å². The first kappa shape index (κ1) is 22.6. The minimum absolute atomic E-state index is 0.106. The van der Waals surface area contributed by atoms with Gasteiger partial charge in [0.25, 0.3) is 5.91 Å². The molecule has 0 aromatic heterocycles. The van der Waals surface area contributed by atoms with Gasteiger partial charge in [-0.2, -0.15) is 5.26 Å². The fourth-order valence-electron chi connectivity index (χ4n) is 4.95. The number of aryl methyl sites for hydroxylation is 3. The van der Waals surface area contributed by atoms with E-state index in [0.717, 1.165) is 35.2 Å². The molecule has 0 saturated carbocycles. The normalized spacial score (nSPS) is 17.7. The number of carbonyl (C=O) groups excluding carboxylic acids is 1. The van der Waals surface area contributed by atoms with E-state index >= 15 is 0 Å². The molecule has 1 amide bonds. The van der Waals surface area contributed by atoms with Crippen molar-refractivity contribution in [2.24, 2.45) is 0 Å². The van der Waals surface area contributed by atoms with Gasteiger partial charge in [-0.05, 0) is 112 Å². The summed E-state index contributed by atoms with van der Waals surface area (Å²) in [4.78, 5) is 15.3. The Hall–Kier alpha value is -3.06. The number of nitrogens with zero attached hydrogens (tertiary/aromatic N) is 2. The van der Waals surface area contributed by atoms with Crippen molar-refractivity contribution in [1.82, 2.24) is 0 Å². The predicted molar refractivity (Wildman–Crippen MR) is 129 cm³/mol. The van der Waals surface area contributed by atoms with Gasteiger partial charge in [0.1, 0.15) is 11.6 Å². The van der Waals surface area contributed by atoms with Gasteiger partial charge in [0, 0.05) is 23.5 Å². The molecular formula is C27H33N3O. The third-order valence-electron chi connectivity index (χ3n) is 6.23. The van der Waals surface area contributed by atoms with E-state index in [2.05, 4.69) is 62.2 Å². The van der Waals surface area contributed by atoms with E-state index in [1.54, 1.807) is 6.08 Å². The van der Waals surface area contributed by atoms with Crippen LogP contribution < -0.4 is 10.2 Å². The summed E-state index contributed by atoms with van der Waals surface area (Å²) in [6.07, 6.45) is 2.79. The molecule has 0 spiro atoms. The Bertz CT molecular complexity index is 1070. The lowest BCUT2D eigenvalue weighted by atomic mass is 9.79. The molecule has 1 aliphatic heterocycles. The lowest BCUT2D eigenvalue weighted by Gasteiger charge is -2.47. The maximum Gasteiger partial charge on any atom is 0.266 e. The quantitative estimate of drug-likeness (QED) is 0.473. The molecule has 2 aromatic carbocycles. The molecule has 0 radical (unpaired) electrons. The van der Waals surface area contributed by atoms with Crippen molar-refractivity contribution < 1.29 is 4.79 Å². The van der Waals surface area contributed by atoms with E-state index in [1.165, 1.54) is 11.3 Å². The van der Waals surface area contributed by atoms with Crippen LogP contribution in [-0.2, 0) is 4.79 Å². The molecule has 4 heteroatoms. The number of hydrogen-bond acceptors (Lipinski definition) is 3. The van der Waals surface area contributed by atoms with Crippen LogP contribution in [-0.4, -0.2) is 18.0 Å². The molecule has 3 rings (SSSR count). The SMILES string of the molecule is CCN1c2cc(C)c(/C=C(\C#N)C(=O)Nc3cc(C)cc(C)c3)cc2C(C)CC1(C)C. The van der Waals surface area contributed by atoms with E-state index in [-0.39, 0.29) is 17.0 Å². The molecule has 1 atom stereocenters. The average molecular weight is 416 g/mol. The van der Waals surface area contributed by atoms with Crippen molar-refractivity contribution >= 4 is 23.4 Å². The number of fused-ring (bicyclic) bond motifs is 1.